The summed E-state index contributed by atoms with van der Waals surface area (Å²) in [6, 6.07) is 0.289. The topological polar surface area (TPSA) is 80.9 Å². The molecular weight excluding hydrogens is 212 g/mol. The molecule has 0 spiro atoms. The second-order valence-electron chi connectivity index (χ2n) is 4.03. The standard InChI is InChI=1S/C9H14N4OS/c1-5-2-3-6(4-5)11-7(14)8-12-13-9(10)15-8/h5-6H,2-4H2,1H3,(H2,10,13)(H,11,14). The predicted octanol–water partition coefficient (Wildman–Crippen LogP) is 1.04. The third kappa shape index (κ3) is 2.44. The third-order valence-electron chi connectivity index (χ3n) is 2.66. The lowest BCUT2D eigenvalue weighted by molar-refractivity contribution is 0.0936. The molecule has 1 aliphatic rings. The Morgan fingerprint density at radius 2 is 2.33 bits per heavy atom. The average Bonchev–Trinajstić information content (AvgIpc) is 2.75. The molecule has 0 aliphatic heterocycles. The Labute approximate surface area is 92.1 Å². The maximum atomic E-state index is 11.7. The largest absolute Gasteiger partial charge is 0.374 e. The van der Waals surface area contributed by atoms with Crippen molar-refractivity contribution >= 4 is 22.4 Å². The lowest BCUT2D eigenvalue weighted by Gasteiger charge is -2.10. The van der Waals surface area contributed by atoms with Crippen molar-refractivity contribution in [2.45, 2.75) is 32.2 Å². The second kappa shape index (κ2) is 4.14. The van der Waals surface area contributed by atoms with Crippen LogP contribution < -0.4 is 11.1 Å². The van der Waals surface area contributed by atoms with Gasteiger partial charge in [-0.1, -0.05) is 18.3 Å². The van der Waals surface area contributed by atoms with Gasteiger partial charge in [-0.05, 0) is 25.2 Å². The normalized spacial score (nSPS) is 25.4. The molecule has 1 aromatic heterocycles. The van der Waals surface area contributed by atoms with Gasteiger partial charge in [-0.3, -0.25) is 4.79 Å². The summed E-state index contributed by atoms with van der Waals surface area (Å²) in [4.78, 5) is 11.7. The Hall–Kier alpha value is -1.17. The first-order chi connectivity index (χ1) is 7.15. The fourth-order valence-corrected chi connectivity index (χ4v) is 2.42. The Kier molecular flexibility index (Phi) is 2.86. The van der Waals surface area contributed by atoms with E-state index >= 15 is 0 Å². The highest BCUT2D eigenvalue weighted by Crippen LogP contribution is 2.25. The number of hydrogen-bond acceptors (Lipinski definition) is 5. The van der Waals surface area contributed by atoms with Crippen LogP contribution in [0.2, 0.25) is 0 Å². The van der Waals surface area contributed by atoms with Gasteiger partial charge in [0.05, 0.1) is 0 Å². The van der Waals surface area contributed by atoms with E-state index in [1.165, 1.54) is 6.42 Å². The van der Waals surface area contributed by atoms with Crippen molar-refractivity contribution in [3.05, 3.63) is 5.01 Å². The van der Waals surface area contributed by atoms with E-state index in [4.69, 9.17) is 5.73 Å². The highest BCUT2D eigenvalue weighted by Gasteiger charge is 2.24. The second-order valence-corrected chi connectivity index (χ2v) is 5.04. The number of aromatic nitrogens is 2. The van der Waals surface area contributed by atoms with E-state index in [-0.39, 0.29) is 11.9 Å². The zero-order valence-electron chi connectivity index (χ0n) is 8.56. The van der Waals surface area contributed by atoms with E-state index in [1.54, 1.807) is 0 Å². The maximum Gasteiger partial charge on any atom is 0.282 e. The van der Waals surface area contributed by atoms with Crippen LogP contribution in [0, 0.1) is 5.92 Å². The summed E-state index contributed by atoms with van der Waals surface area (Å²) < 4.78 is 0. The molecule has 0 saturated heterocycles. The van der Waals surface area contributed by atoms with Gasteiger partial charge in [0.15, 0.2) is 0 Å². The molecule has 1 fully saturated rings. The first kappa shape index (κ1) is 10.4. The summed E-state index contributed by atoms with van der Waals surface area (Å²) in [6.07, 6.45) is 3.30. The monoisotopic (exact) mass is 226 g/mol. The number of nitrogen functional groups attached to an aromatic ring is 1. The summed E-state index contributed by atoms with van der Waals surface area (Å²) in [5.74, 6) is 0.554. The molecular formula is C9H14N4OS. The molecule has 2 atom stereocenters. The van der Waals surface area contributed by atoms with Crippen LogP contribution in [0.4, 0.5) is 5.13 Å². The Bertz CT molecular complexity index is 365. The molecule has 0 aromatic carbocycles. The number of carbonyl (C=O) groups is 1. The van der Waals surface area contributed by atoms with Gasteiger partial charge in [-0.25, -0.2) is 0 Å². The zero-order chi connectivity index (χ0) is 10.8. The van der Waals surface area contributed by atoms with Gasteiger partial charge in [0, 0.05) is 6.04 Å². The molecule has 2 unspecified atom stereocenters. The van der Waals surface area contributed by atoms with Crippen LogP contribution in [0.3, 0.4) is 0 Å². The number of anilines is 1. The zero-order valence-corrected chi connectivity index (χ0v) is 9.38. The number of nitrogens with one attached hydrogen (secondary N) is 1. The van der Waals surface area contributed by atoms with Gasteiger partial charge in [-0.2, -0.15) is 0 Å². The molecule has 1 aliphatic carbocycles. The smallest absolute Gasteiger partial charge is 0.282 e. The van der Waals surface area contributed by atoms with Crippen LogP contribution in [0.25, 0.3) is 0 Å². The van der Waals surface area contributed by atoms with Gasteiger partial charge >= 0.3 is 0 Å². The first-order valence-electron chi connectivity index (χ1n) is 5.05. The number of nitrogens with two attached hydrogens (primary N) is 1. The van der Waals surface area contributed by atoms with Gasteiger partial charge in [0.25, 0.3) is 5.91 Å². The van der Waals surface area contributed by atoms with Crippen molar-refractivity contribution in [3.63, 3.8) is 0 Å². The summed E-state index contributed by atoms with van der Waals surface area (Å²) in [7, 11) is 0. The van der Waals surface area contributed by atoms with E-state index in [1.807, 2.05) is 0 Å². The molecule has 82 valence electrons. The fraction of sp³-hybridized carbons (Fsp3) is 0.667. The molecule has 0 bridgehead atoms. The van der Waals surface area contributed by atoms with Gasteiger partial charge < -0.3 is 11.1 Å². The summed E-state index contributed by atoms with van der Waals surface area (Å²) in [5.41, 5.74) is 5.41. The molecule has 5 nitrogen and oxygen atoms in total. The molecule has 3 N–H and O–H groups in total. The van der Waals surface area contributed by atoms with Crippen molar-refractivity contribution in [2.75, 3.05) is 5.73 Å². The van der Waals surface area contributed by atoms with Crippen LogP contribution in [0.5, 0.6) is 0 Å². The van der Waals surface area contributed by atoms with Crippen molar-refractivity contribution < 1.29 is 4.79 Å². The number of hydrogen-bond donors (Lipinski definition) is 2. The summed E-state index contributed by atoms with van der Waals surface area (Å²) in [6.45, 7) is 2.20. The number of rotatable bonds is 2. The van der Waals surface area contributed by atoms with Crippen LogP contribution in [0.1, 0.15) is 36.0 Å². The first-order valence-corrected chi connectivity index (χ1v) is 5.86. The van der Waals surface area contributed by atoms with Crippen LogP contribution >= 0.6 is 11.3 Å². The molecule has 1 saturated carbocycles. The molecule has 15 heavy (non-hydrogen) atoms. The van der Waals surface area contributed by atoms with Gasteiger partial charge in [-0.15, -0.1) is 10.2 Å². The van der Waals surface area contributed by atoms with E-state index in [0.717, 1.165) is 24.2 Å². The minimum atomic E-state index is -0.150. The third-order valence-corrected chi connectivity index (χ3v) is 3.42. The molecule has 1 aromatic rings. The highest BCUT2D eigenvalue weighted by molar-refractivity contribution is 7.16. The van der Waals surface area contributed by atoms with Crippen LogP contribution in [-0.4, -0.2) is 22.1 Å². The Morgan fingerprint density at radius 3 is 2.87 bits per heavy atom. The molecule has 6 heteroatoms. The summed E-state index contributed by atoms with van der Waals surface area (Å²) in [5, 5.41) is 11.0. The van der Waals surface area contributed by atoms with Crippen molar-refractivity contribution in [3.8, 4) is 0 Å². The summed E-state index contributed by atoms with van der Waals surface area (Å²) >= 11 is 1.12. The van der Waals surface area contributed by atoms with E-state index in [9.17, 15) is 4.79 Å². The predicted molar refractivity (Wildman–Crippen MR) is 58.6 cm³/mol. The van der Waals surface area contributed by atoms with Crippen molar-refractivity contribution in [1.29, 1.82) is 0 Å². The minimum Gasteiger partial charge on any atom is -0.374 e. The average molecular weight is 226 g/mol. The van der Waals surface area contributed by atoms with E-state index in [2.05, 4.69) is 22.4 Å². The van der Waals surface area contributed by atoms with Gasteiger partial charge in [0.1, 0.15) is 0 Å². The highest BCUT2D eigenvalue weighted by atomic mass is 32.1. The molecule has 2 rings (SSSR count). The van der Waals surface area contributed by atoms with E-state index < -0.39 is 0 Å². The fourth-order valence-electron chi connectivity index (χ4n) is 1.91. The molecule has 1 amide bonds. The number of amides is 1. The lowest BCUT2D eigenvalue weighted by Crippen LogP contribution is -2.32. The van der Waals surface area contributed by atoms with Crippen molar-refractivity contribution in [2.24, 2.45) is 5.92 Å². The Morgan fingerprint density at radius 1 is 1.53 bits per heavy atom. The Balaban J connectivity index is 1.92. The molecule has 0 radical (unpaired) electrons. The maximum absolute atomic E-state index is 11.7. The quantitative estimate of drug-likeness (QED) is 0.789. The van der Waals surface area contributed by atoms with Gasteiger partial charge in [0.2, 0.25) is 10.1 Å². The minimum absolute atomic E-state index is 0.150. The number of nitrogens with zero attached hydrogens (tertiary/aromatic N) is 2. The number of carbonyl (C=O) groups excluding carboxylic acids is 1. The lowest BCUT2D eigenvalue weighted by atomic mass is 10.1. The van der Waals surface area contributed by atoms with Crippen LogP contribution in [-0.2, 0) is 0 Å². The van der Waals surface area contributed by atoms with E-state index in [0.29, 0.717) is 16.1 Å². The van der Waals surface area contributed by atoms with Crippen LogP contribution in [0.15, 0.2) is 0 Å². The van der Waals surface area contributed by atoms with Crippen molar-refractivity contribution in [1.82, 2.24) is 15.5 Å². The SMILES string of the molecule is CC1CCC(NC(=O)c2nnc(N)s2)C1. The molecule has 1 heterocycles.